The van der Waals surface area contributed by atoms with E-state index in [0.29, 0.717) is 31.5 Å². The van der Waals surface area contributed by atoms with Gasteiger partial charge in [-0.2, -0.15) is 0 Å². The van der Waals surface area contributed by atoms with Gasteiger partial charge in [-0.25, -0.2) is 0 Å². The Morgan fingerprint density at radius 3 is 2.59 bits per heavy atom. The van der Waals surface area contributed by atoms with Gasteiger partial charge < -0.3 is 21.3 Å². The highest BCUT2D eigenvalue weighted by atomic mass is 32.1. The van der Waals surface area contributed by atoms with E-state index >= 15 is 0 Å². The first kappa shape index (κ1) is 28.5. The van der Waals surface area contributed by atoms with Gasteiger partial charge in [0.15, 0.2) is 0 Å². The van der Waals surface area contributed by atoms with Crippen LogP contribution in [0.4, 0.5) is 5.69 Å². The SMILES string of the molecule is CCNC(=O)c1ccccc1-c1cc2cc(CN3C(=O)[C@H](NC(=O)CC(C)(C)N)CCc4ccccc43)ccc2s1. The first-order valence-electron chi connectivity index (χ1n) is 14.0. The van der Waals surface area contributed by atoms with Crippen LogP contribution in [-0.4, -0.2) is 35.8 Å². The Bertz CT molecular complexity index is 1600. The minimum Gasteiger partial charge on any atom is -0.352 e. The highest BCUT2D eigenvalue weighted by Crippen LogP contribution is 2.36. The number of nitrogens with zero attached hydrogens (tertiary/aromatic N) is 1. The molecule has 0 saturated carbocycles. The summed E-state index contributed by atoms with van der Waals surface area (Å²) in [5.41, 5.74) is 9.88. The average Bonchev–Trinajstić information content (AvgIpc) is 3.31. The quantitative estimate of drug-likeness (QED) is 0.264. The normalized spacial score (nSPS) is 15.4. The van der Waals surface area contributed by atoms with Crippen molar-refractivity contribution in [2.45, 2.75) is 58.2 Å². The molecule has 0 bridgehead atoms. The van der Waals surface area contributed by atoms with Crippen LogP contribution in [0.15, 0.2) is 72.8 Å². The summed E-state index contributed by atoms with van der Waals surface area (Å²) in [4.78, 5) is 42.1. The lowest BCUT2D eigenvalue weighted by atomic mass is 10.0. The van der Waals surface area contributed by atoms with Gasteiger partial charge >= 0.3 is 0 Å². The van der Waals surface area contributed by atoms with Gasteiger partial charge in [0, 0.05) is 44.9 Å². The predicted molar refractivity (Wildman–Crippen MR) is 166 cm³/mol. The zero-order valence-corrected chi connectivity index (χ0v) is 24.5. The number of thiophene rings is 1. The molecular formula is C33H36N4O3S. The van der Waals surface area contributed by atoms with Crippen molar-refractivity contribution in [1.82, 2.24) is 10.6 Å². The zero-order chi connectivity index (χ0) is 29.1. The number of carbonyl (C=O) groups excluding carboxylic acids is 3. The van der Waals surface area contributed by atoms with E-state index < -0.39 is 11.6 Å². The molecular weight excluding hydrogens is 532 g/mol. The molecule has 0 saturated heterocycles. The molecule has 5 rings (SSSR count). The molecule has 212 valence electrons. The Labute approximate surface area is 244 Å². The fourth-order valence-corrected chi connectivity index (χ4v) is 6.41. The van der Waals surface area contributed by atoms with E-state index in [1.54, 1.807) is 30.1 Å². The molecule has 8 heteroatoms. The molecule has 1 aliphatic heterocycles. The molecule has 1 atom stereocenters. The topological polar surface area (TPSA) is 105 Å². The largest absolute Gasteiger partial charge is 0.352 e. The number of rotatable bonds is 8. The predicted octanol–water partition coefficient (Wildman–Crippen LogP) is 5.41. The summed E-state index contributed by atoms with van der Waals surface area (Å²) in [6.45, 7) is 6.45. The number of amides is 3. The van der Waals surface area contributed by atoms with Crippen molar-refractivity contribution in [2.24, 2.45) is 5.73 Å². The summed E-state index contributed by atoms with van der Waals surface area (Å²) < 4.78 is 1.10. The summed E-state index contributed by atoms with van der Waals surface area (Å²) >= 11 is 1.64. The molecule has 0 aliphatic carbocycles. The van der Waals surface area contributed by atoms with Crippen LogP contribution in [0.3, 0.4) is 0 Å². The Morgan fingerprint density at radius 1 is 1.05 bits per heavy atom. The minimum atomic E-state index is -0.657. The lowest BCUT2D eigenvalue weighted by Crippen LogP contribution is -2.49. The first-order chi connectivity index (χ1) is 19.6. The molecule has 1 aliphatic rings. The summed E-state index contributed by atoms with van der Waals surface area (Å²) in [6, 6.07) is 23.3. The summed E-state index contributed by atoms with van der Waals surface area (Å²) in [6.07, 6.45) is 1.36. The molecule has 3 aromatic carbocycles. The number of fused-ring (bicyclic) bond motifs is 2. The number of aryl methyl sites for hydroxylation is 1. The summed E-state index contributed by atoms with van der Waals surface area (Å²) in [5, 5.41) is 6.90. The fraction of sp³-hybridized carbons (Fsp3) is 0.303. The van der Waals surface area contributed by atoms with Crippen LogP contribution in [0, 0.1) is 0 Å². The molecule has 0 radical (unpaired) electrons. The van der Waals surface area contributed by atoms with E-state index in [1.165, 1.54) is 0 Å². The van der Waals surface area contributed by atoms with Crippen molar-refractivity contribution >= 4 is 44.8 Å². The molecule has 7 nitrogen and oxygen atoms in total. The van der Waals surface area contributed by atoms with Crippen molar-refractivity contribution in [3.05, 3.63) is 89.5 Å². The monoisotopic (exact) mass is 568 g/mol. The van der Waals surface area contributed by atoms with Crippen LogP contribution >= 0.6 is 11.3 Å². The molecule has 1 aromatic heterocycles. The molecule has 0 spiro atoms. The number of hydrogen-bond donors (Lipinski definition) is 3. The third-order valence-electron chi connectivity index (χ3n) is 7.20. The van der Waals surface area contributed by atoms with Gasteiger partial charge in [0.2, 0.25) is 11.8 Å². The van der Waals surface area contributed by atoms with Crippen LogP contribution in [-0.2, 0) is 22.6 Å². The lowest BCUT2D eigenvalue weighted by molar-refractivity contribution is -0.128. The standard InChI is InChI=1S/C33H36N4O3S/c1-4-35-31(39)25-11-7-6-10-24(25)29-18-23-17-21(13-16-28(23)41-29)20-37-27-12-8-5-9-22(27)14-15-26(32(37)40)36-30(38)19-33(2,3)34/h5-13,16-18,26H,4,14-15,19-20,34H2,1-3H3,(H,35,39)(H,36,38)/t26-/m1/s1. The smallest absolute Gasteiger partial charge is 0.251 e. The molecule has 0 unspecified atom stereocenters. The molecule has 41 heavy (non-hydrogen) atoms. The summed E-state index contributed by atoms with van der Waals surface area (Å²) in [7, 11) is 0. The van der Waals surface area contributed by atoms with Crippen LogP contribution in [0.1, 0.15) is 55.1 Å². The zero-order valence-electron chi connectivity index (χ0n) is 23.7. The summed E-state index contributed by atoms with van der Waals surface area (Å²) in [5.74, 6) is -0.432. The van der Waals surface area contributed by atoms with E-state index in [9.17, 15) is 14.4 Å². The van der Waals surface area contributed by atoms with Crippen molar-refractivity contribution in [3.63, 3.8) is 0 Å². The maximum atomic E-state index is 13.9. The Hall–Kier alpha value is -4.01. The van der Waals surface area contributed by atoms with Gasteiger partial charge in [-0.05, 0) is 80.5 Å². The highest BCUT2D eigenvalue weighted by molar-refractivity contribution is 7.22. The maximum absolute atomic E-state index is 13.9. The van der Waals surface area contributed by atoms with E-state index in [1.807, 2.05) is 61.5 Å². The van der Waals surface area contributed by atoms with E-state index in [4.69, 9.17) is 5.73 Å². The minimum absolute atomic E-state index is 0.0868. The number of hydrogen-bond acceptors (Lipinski definition) is 5. The number of nitrogens with two attached hydrogens (primary N) is 1. The van der Waals surface area contributed by atoms with E-state index in [2.05, 4.69) is 28.8 Å². The van der Waals surface area contributed by atoms with E-state index in [0.717, 1.165) is 37.3 Å². The molecule has 3 amide bonds. The van der Waals surface area contributed by atoms with Crippen LogP contribution in [0.25, 0.3) is 20.5 Å². The van der Waals surface area contributed by atoms with Gasteiger partial charge in [-0.1, -0.05) is 42.5 Å². The Morgan fingerprint density at radius 2 is 1.80 bits per heavy atom. The molecule has 4 aromatic rings. The maximum Gasteiger partial charge on any atom is 0.251 e. The van der Waals surface area contributed by atoms with Crippen molar-refractivity contribution < 1.29 is 14.4 Å². The highest BCUT2D eigenvalue weighted by Gasteiger charge is 2.32. The average molecular weight is 569 g/mol. The number of para-hydroxylation sites is 1. The van der Waals surface area contributed by atoms with Crippen molar-refractivity contribution in [1.29, 1.82) is 0 Å². The van der Waals surface area contributed by atoms with Gasteiger partial charge in [0.25, 0.3) is 5.91 Å². The van der Waals surface area contributed by atoms with Gasteiger partial charge in [0.05, 0.1) is 6.54 Å². The third kappa shape index (κ3) is 6.50. The number of benzene rings is 3. The van der Waals surface area contributed by atoms with Crippen molar-refractivity contribution in [3.8, 4) is 10.4 Å². The number of nitrogens with one attached hydrogen (secondary N) is 2. The second kappa shape index (κ2) is 11.8. The van der Waals surface area contributed by atoms with Crippen LogP contribution in [0.2, 0.25) is 0 Å². The third-order valence-corrected chi connectivity index (χ3v) is 8.35. The van der Waals surface area contributed by atoms with Crippen molar-refractivity contribution in [2.75, 3.05) is 11.4 Å². The molecule has 0 fully saturated rings. The Balaban J connectivity index is 1.44. The van der Waals surface area contributed by atoms with E-state index in [-0.39, 0.29) is 24.1 Å². The Kier molecular flexibility index (Phi) is 8.24. The second-order valence-electron chi connectivity index (χ2n) is 11.3. The first-order valence-corrected chi connectivity index (χ1v) is 14.8. The van der Waals surface area contributed by atoms with Crippen LogP contribution < -0.4 is 21.3 Å². The second-order valence-corrected chi connectivity index (χ2v) is 12.3. The van der Waals surface area contributed by atoms with Gasteiger partial charge in [0.1, 0.15) is 6.04 Å². The molecule has 2 heterocycles. The number of anilines is 1. The number of carbonyl (C=O) groups is 3. The van der Waals surface area contributed by atoms with Gasteiger partial charge in [-0.3, -0.25) is 14.4 Å². The van der Waals surface area contributed by atoms with Crippen LogP contribution in [0.5, 0.6) is 0 Å². The lowest BCUT2D eigenvalue weighted by Gasteiger charge is -2.27. The molecule has 4 N–H and O–H groups in total. The van der Waals surface area contributed by atoms with Gasteiger partial charge in [-0.15, -0.1) is 11.3 Å². The fourth-order valence-electron chi connectivity index (χ4n) is 5.33.